The standard InChI is InChI=1S/C33H52N7O8.C2H6/c34-31-7-10-38(11-8-31)25-28-1-3-29(4-2-28)26-40-27-30(5-6-32(40)42)33(43)39(12-16-45-20-22-47-18-14-41)13-17-46-21-24-48-23-19-44-15-9-36-37-35;1-2/h1-6,27,31,35,41H,7-26,34H2;1-2H3/q+1;. The van der Waals surface area contributed by atoms with Gasteiger partial charge < -0.3 is 44.0 Å². The molecular formula is C35H58N7O8+. The number of pyridine rings is 1. The van der Waals surface area contributed by atoms with E-state index in [2.05, 4.69) is 27.1 Å². The molecule has 1 saturated heterocycles. The third-order valence-corrected chi connectivity index (χ3v) is 7.70. The minimum atomic E-state index is -0.234. The molecule has 0 atom stereocenters. The highest BCUT2D eigenvalue weighted by Crippen LogP contribution is 2.14. The Morgan fingerprint density at radius 1 is 0.840 bits per heavy atom. The van der Waals surface area contributed by atoms with Gasteiger partial charge in [-0.3, -0.25) is 14.5 Å². The summed E-state index contributed by atoms with van der Waals surface area (Å²) in [6.07, 6.45) is 3.65. The molecule has 1 aliphatic rings. The fourth-order valence-electron chi connectivity index (χ4n) is 5.03. The summed E-state index contributed by atoms with van der Waals surface area (Å²) in [6.45, 7) is 11.6. The van der Waals surface area contributed by atoms with Gasteiger partial charge in [0.2, 0.25) is 4.91 Å². The van der Waals surface area contributed by atoms with Crippen LogP contribution in [0.3, 0.4) is 0 Å². The molecule has 1 aromatic carbocycles. The number of carbonyl (C=O) groups is 1. The second-order valence-corrected chi connectivity index (χ2v) is 11.4. The van der Waals surface area contributed by atoms with Gasteiger partial charge in [-0.2, -0.15) is 0 Å². The van der Waals surface area contributed by atoms with Gasteiger partial charge in [-0.1, -0.05) is 38.1 Å². The first-order valence-electron chi connectivity index (χ1n) is 17.6. The van der Waals surface area contributed by atoms with Gasteiger partial charge >= 0.3 is 0 Å². The molecule has 0 radical (unpaired) electrons. The number of piperidine rings is 1. The fourth-order valence-corrected chi connectivity index (χ4v) is 5.03. The van der Waals surface area contributed by atoms with Crippen molar-refractivity contribution in [3.63, 3.8) is 0 Å². The monoisotopic (exact) mass is 704 g/mol. The molecular weight excluding hydrogens is 646 g/mol. The fraction of sp³-hybridized carbons (Fsp3) is 0.657. The average molecular weight is 705 g/mol. The summed E-state index contributed by atoms with van der Waals surface area (Å²) < 4.78 is 28.9. The second kappa shape index (κ2) is 27.4. The van der Waals surface area contributed by atoms with Crippen LogP contribution in [0, 0.1) is 5.53 Å². The molecule has 4 N–H and O–H groups in total. The van der Waals surface area contributed by atoms with E-state index in [4.69, 9.17) is 40.1 Å². The third kappa shape index (κ3) is 18.0. The van der Waals surface area contributed by atoms with Crippen LogP contribution in [0.4, 0.5) is 0 Å². The molecule has 1 aromatic heterocycles. The Labute approximate surface area is 295 Å². The van der Waals surface area contributed by atoms with Gasteiger partial charge in [0.15, 0.2) is 0 Å². The highest BCUT2D eigenvalue weighted by molar-refractivity contribution is 5.93. The highest BCUT2D eigenvalue weighted by atomic mass is 16.5. The Hall–Kier alpha value is -3.37. The number of ether oxygens (including phenoxy) is 5. The van der Waals surface area contributed by atoms with Gasteiger partial charge in [0, 0.05) is 37.9 Å². The summed E-state index contributed by atoms with van der Waals surface area (Å²) in [5.41, 5.74) is 15.0. The van der Waals surface area contributed by atoms with Gasteiger partial charge in [-0.25, -0.2) is 0 Å². The predicted molar refractivity (Wildman–Crippen MR) is 189 cm³/mol. The van der Waals surface area contributed by atoms with Crippen LogP contribution in [0.5, 0.6) is 0 Å². The van der Waals surface area contributed by atoms with Crippen molar-refractivity contribution in [3.05, 3.63) is 69.6 Å². The Bertz CT molecular complexity index is 1280. The largest absolute Gasteiger partial charge is 0.394 e. The molecule has 2 aromatic rings. The molecule has 0 spiro atoms. The minimum absolute atomic E-state index is 0.0516. The lowest BCUT2D eigenvalue weighted by atomic mass is 10.0. The van der Waals surface area contributed by atoms with E-state index in [1.54, 1.807) is 21.7 Å². The van der Waals surface area contributed by atoms with Gasteiger partial charge in [0.05, 0.1) is 84.8 Å². The SMILES string of the molecule is CC.N=[N+]=NCCOCCOCCOCCN(CCOCCOCCO)C(=O)c1ccc(=O)n(Cc2ccc(CN3CCC(N)CC3)cc2)c1. The number of hydrogen-bond donors (Lipinski definition) is 3. The summed E-state index contributed by atoms with van der Waals surface area (Å²) in [6, 6.07) is 11.5. The first-order valence-corrected chi connectivity index (χ1v) is 17.6. The van der Waals surface area contributed by atoms with Crippen molar-refractivity contribution >= 4 is 5.91 Å². The maximum Gasteiger partial charge on any atom is 0.255 e. The quantitative estimate of drug-likeness (QED) is 0.0783. The van der Waals surface area contributed by atoms with Crippen molar-refractivity contribution in [3.8, 4) is 0 Å². The summed E-state index contributed by atoms with van der Waals surface area (Å²) in [4.78, 5) is 33.4. The molecule has 0 bridgehead atoms. The van der Waals surface area contributed by atoms with Crippen molar-refractivity contribution in [2.45, 2.75) is 45.8 Å². The van der Waals surface area contributed by atoms with E-state index in [0.717, 1.165) is 38.0 Å². The Balaban J connectivity index is 0.00000425. The van der Waals surface area contributed by atoms with Crippen LogP contribution in [-0.4, -0.2) is 137 Å². The Morgan fingerprint density at radius 2 is 1.36 bits per heavy atom. The summed E-state index contributed by atoms with van der Waals surface area (Å²) in [5.74, 6) is -0.234. The molecule has 0 unspecified atom stereocenters. The van der Waals surface area contributed by atoms with Crippen LogP contribution in [0.1, 0.15) is 48.2 Å². The van der Waals surface area contributed by atoms with Crippen LogP contribution >= 0.6 is 0 Å². The van der Waals surface area contributed by atoms with E-state index >= 15 is 0 Å². The van der Waals surface area contributed by atoms with Crippen molar-refractivity contribution < 1.29 is 33.6 Å². The minimum Gasteiger partial charge on any atom is -0.394 e. The molecule has 0 aliphatic carbocycles. The smallest absolute Gasteiger partial charge is 0.255 e. The first kappa shape index (κ1) is 42.8. The predicted octanol–water partition coefficient (Wildman–Crippen LogP) is 1.91. The number of nitrogens with one attached hydrogen (secondary N) is 1. The zero-order chi connectivity index (χ0) is 36.2. The number of likely N-dealkylation sites (tertiary alicyclic amines) is 1. The highest BCUT2D eigenvalue weighted by Gasteiger charge is 2.18. The van der Waals surface area contributed by atoms with Crippen LogP contribution in [0.2, 0.25) is 0 Å². The van der Waals surface area contributed by atoms with E-state index in [1.165, 1.54) is 11.6 Å². The maximum absolute atomic E-state index is 13.6. The van der Waals surface area contributed by atoms with Gasteiger partial charge in [0.25, 0.3) is 11.5 Å². The van der Waals surface area contributed by atoms with E-state index < -0.39 is 0 Å². The van der Waals surface area contributed by atoms with Crippen LogP contribution in [-0.2, 0) is 36.8 Å². The van der Waals surface area contributed by atoms with Crippen molar-refractivity contribution in [2.24, 2.45) is 10.8 Å². The summed E-state index contributed by atoms with van der Waals surface area (Å²) in [5, 5.41) is 12.3. The molecule has 3 rings (SSSR count). The number of amides is 1. The van der Waals surface area contributed by atoms with E-state index in [1.807, 2.05) is 26.0 Å². The zero-order valence-corrected chi connectivity index (χ0v) is 29.9. The number of rotatable bonds is 25. The Morgan fingerprint density at radius 3 is 1.92 bits per heavy atom. The van der Waals surface area contributed by atoms with Crippen molar-refractivity contribution in [1.82, 2.24) is 19.3 Å². The number of aliphatic hydroxyl groups is 1. The molecule has 2 heterocycles. The normalized spacial score (nSPS) is 13.4. The van der Waals surface area contributed by atoms with E-state index in [0.29, 0.717) is 90.6 Å². The van der Waals surface area contributed by atoms with Crippen LogP contribution in [0.25, 0.3) is 0 Å². The number of nitrogens with two attached hydrogens (primary N) is 1. The summed E-state index contributed by atoms with van der Waals surface area (Å²) >= 11 is 0. The van der Waals surface area contributed by atoms with Gasteiger partial charge in [0.1, 0.15) is 17.2 Å². The molecule has 15 heteroatoms. The number of aliphatic hydroxyl groups excluding tert-OH is 1. The maximum atomic E-state index is 13.6. The number of carbonyl (C=O) groups excluding carboxylic acids is 1. The molecule has 1 amide bonds. The number of hydrogen-bond acceptors (Lipinski definition) is 12. The van der Waals surface area contributed by atoms with E-state index in [-0.39, 0.29) is 31.3 Å². The van der Waals surface area contributed by atoms with E-state index in [9.17, 15) is 9.59 Å². The third-order valence-electron chi connectivity index (χ3n) is 7.70. The van der Waals surface area contributed by atoms with Crippen LogP contribution in [0.15, 0.2) is 52.5 Å². The number of benzene rings is 1. The molecule has 1 fully saturated rings. The lowest BCUT2D eigenvalue weighted by Gasteiger charge is -2.30. The van der Waals surface area contributed by atoms with Gasteiger partial charge in [-0.05, 0) is 43.1 Å². The second-order valence-electron chi connectivity index (χ2n) is 11.4. The molecule has 280 valence electrons. The molecule has 1 aliphatic heterocycles. The van der Waals surface area contributed by atoms with Crippen molar-refractivity contribution in [2.75, 3.05) is 105 Å². The van der Waals surface area contributed by atoms with Crippen molar-refractivity contribution in [1.29, 1.82) is 5.53 Å². The molecule has 50 heavy (non-hydrogen) atoms. The van der Waals surface area contributed by atoms with Gasteiger partial charge in [-0.15, -0.1) is 0 Å². The summed E-state index contributed by atoms with van der Waals surface area (Å²) in [7, 11) is 0. The lowest BCUT2D eigenvalue weighted by molar-refractivity contribution is 0.00726. The van der Waals surface area contributed by atoms with Crippen LogP contribution < -0.4 is 16.2 Å². The zero-order valence-electron chi connectivity index (χ0n) is 29.9. The lowest BCUT2D eigenvalue weighted by Crippen LogP contribution is -2.39. The average Bonchev–Trinajstić information content (AvgIpc) is 3.14. The molecule has 15 nitrogen and oxygen atoms in total. The Kier molecular flexibility index (Phi) is 23.4. The molecule has 0 saturated carbocycles. The number of aromatic nitrogens is 1. The topological polar surface area (TPSA) is 188 Å². The first-order chi connectivity index (χ1) is 24.5. The number of nitrogens with zero attached hydrogens (tertiary/aromatic N) is 5.